The second-order valence-corrected chi connectivity index (χ2v) is 6.93. The van der Waals surface area contributed by atoms with E-state index >= 15 is 0 Å². The molecule has 1 aromatic rings. The Bertz CT molecular complexity index is 512. The van der Waals surface area contributed by atoms with Gasteiger partial charge in [0.25, 0.3) is 0 Å². The van der Waals surface area contributed by atoms with Crippen molar-refractivity contribution in [1.82, 2.24) is 4.90 Å². The van der Waals surface area contributed by atoms with Gasteiger partial charge in [0.1, 0.15) is 0 Å². The van der Waals surface area contributed by atoms with E-state index in [1.807, 2.05) is 49.9 Å². The summed E-state index contributed by atoms with van der Waals surface area (Å²) in [7, 11) is 0. The zero-order valence-electron chi connectivity index (χ0n) is 12.5. The number of carbonyl (C=O) groups excluding carboxylic acids is 1. The minimum atomic E-state index is -0.859. The summed E-state index contributed by atoms with van der Waals surface area (Å²) in [5.74, 6) is -0.998. The van der Waals surface area contributed by atoms with Gasteiger partial charge in [0, 0.05) is 15.7 Å². The normalized spacial score (nSPS) is 11.5. The average molecular weight is 404 g/mol. The fourth-order valence-electron chi connectivity index (χ4n) is 1.81. The van der Waals surface area contributed by atoms with E-state index in [0.717, 1.165) is 9.26 Å². The SMILES string of the molecule is CC(C)(C)N(CCC(=O)O)CC(=O)Nc1ccccc1I. The highest BCUT2D eigenvalue weighted by Gasteiger charge is 2.24. The number of benzene rings is 1. The molecule has 21 heavy (non-hydrogen) atoms. The number of nitrogens with one attached hydrogen (secondary N) is 1. The lowest BCUT2D eigenvalue weighted by Crippen LogP contribution is -2.46. The minimum absolute atomic E-state index is 0.0213. The summed E-state index contributed by atoms with van der Waals surface area (Å²) in [6.07, 6.45) is 0.0213. The number of hydrogen-bond acceptors (Lipinski definition) is 3. The van der Waals surface area contributed by atoms with E-state index in [0.29, 0.717) is 6.54 Å². The first-order valence-corrected chi connectivity index (χ1v) is 7.79. The van der Waals surface area contributed by atoms with Gasteiger partial charge in [-0.05, 0) is 55.5 Å². The second kappa shape index (κ2) is 7.74. The Kier molecular flexibility index (Phi) is 6.60. The summed E-state index contributed by atoms with van der Waals surface area (Å²) in [5.41, 5.74) is 0.506. The standard InChI is InChI=1S/C15H21IN2O3/c1-15(2,3)18(9-8-14(20)21)10-13(19)17-12-7-5-4-6-11(12)16/h4-7H,8-10H2,1-3H3,(H,17,19)(H,20,21). The fourth-order valence-corrected chi connectivity index (χ4v) is 2.33. The van der Waals surface area contributed by atoms with Gasteiger partial charge < -0.3 is 10.4 Å². The van der Waals surface area contributed by atoms with Gasteiger partial charge in [-0.15, -0.1) is 0 Å². The summed E-state index contributed by atoms with van der Waals surface area (Å²) >= 11 is 2.16. The number of aliphatic carboxylic acids is 1. The van der Waals surface area contributed by atoms with E-state index < -0.39 is 5.97 Å². The molecule has 0 aliphatic carbocycles. The van der Waals surface area contributed by atoms with Crippen molar-refractivity contribution in [2.75, 3.05) is 18.4 Å². The number of amides is 1. The summed E-state index contributed by atoms with van der Waals surface area (Å²) in [5, 5.41) is 11.7. The van der Waals surface area contributed by atoms with Crippen LogP contribution in [0.4, 0.5) is 5.69 Å². The Morgan fingerprint density at radius 1 is 1.29 bits per heavy atom. The lowest BCUT2D eigenvalue weighted by atomic mass is 10.1. The maximum atomic E-state index is 12.2. The van der Waals surface area contributed by atoms with Gasteiger partial charge in [0.15, 0.2) is 0 Å². The fraction of sp³-hybridized carbons (Fsp3) is 0.467. The van der Waals surface area contributed by atoms with E-state index in [2.05, 4.69) is 27.9 Å². The summed E-state index contributed by atoms with van der Waals surface area (Å²) in [6.45, 7) is 6.41. The van der Waals surface area contributed by atoms with Crippen LogP contribution < -0.4 is 5.32 Å². The Morgan fingerprint density at radius 2 is 1.90 bits per heavy atom. The third-order valence-corrected chi connectivity index (χ3v) is 3.97. The van der Waals surface area contributed by atoms with Crippen LogP contribution in [0.1, 0.15) is 27.2 Å². The maximum absolute atomic E-state index is 12.2. The molecule has 0 atom stereocenters. The number of para-hydroxylation sites is 1. The first kappa shape index (κ1) is 17.9. The highest BCUT2D eigenvalue weighted by Crippen LogP contribution is 2.18. The molecule has 0 aliphatic rings. The van der Waals surface area contributed by atoms with Crippen molar-refractivity contribution < 1.29 is 14.7 Å². The van der Waals surface area contributed by atoms with Gasteiger partial charge in [-0.2, -0.15) is 0 Å². The van der Waals surface area contributed by atoms with Gasteiger partial charge in [-0.1, -0.05) is 12.1 Å². The molecule has 116 valence electrons. The molecule has 2 N–H and O–H groups in total. The molecule has 0 saturated carbocycles. The van der Waals surface area contributed by atoms with Crippen molar-refractivity contribution in [3.05, 3.63) is 27.8 Å². The van der Waals surface area contributed by atoms with Crippen molar-refractivity contribution >= 4 is 40.2 Å². The molecule has 0 aliphatic heterocycles. The lowest BCUT2D eigenvalue weighted by Gasteiger charge is -2.34. The molecule has 6 heteroatoms. The zero-order chi connectivity index (χ0) is 16.0. The van der Waals surface area contributed by atoms with Crippen molar-refractivity contribution in [3.63, 3.8) is 0 Å². The van der Waals surface area contributed by atoms with Gasteiger partial charge in [-0.25, -0.2) is 0 Å². The molecule has 5 nitrogen and oxygen atoms in total. The van der Waals surface area contributed by atoms with Gasteiger partial charge >= 0.3 is 5.97 Å². The molecule has 0 bridgehead atoms. The number of hydrogen-bond donors (Lipinski definition) is 2. The van der Waals surface area contributed by atoms with Gasteiger partial charge in [-0.3, -0.25) is 14.5 Å². The minimum Gasteiger partial charge on any atom is -0.481 e. The largest absolute Gasteiger partial charge is 0.481 e. The highest BCUT2D eigenvalue weighted by atomic mass is 127. The Labute approximate surface area is 138 Å². The number of halogens is 1. The molecule has 0 unspecified atom stereocenters. The molecule has 1 rings (SSSR count). The van der Waals surface area contributed by atoms with E-state index in [9.17, 15) is 9.59 Å². The van der Waals surface area contributed by atoms with E-state index in [1.165, 1.54) is 0 Å². The van der Waals surface area contributed by atoms with Gasteiger partial charge in [0.2, 0.25) is 5.91 Å². The highest BCUT2D eigenvalue weighted by molar-refractivity contribution is 14.1. The Morgan fingerprint density at radius 3 is 2.43 bits per heavy atom. The number of carboxylic acids is 1. The number of anilines is 1. The smallest absolute Gasteiger partial charge is 0.304 e. The van der Waals surface area contributed by atoms with E-state index in [1.54, 1.807) is 0 Å². The molecule has 0 radical (unpaired) electrons. The van der Waals surface area contributed by atoms with Crippen LogP contribution in [0.25, 0.3) is 0 Å². The van der Waals surface area contributed by atoms with Crippen LogP contribution in [0.5, 0.6) is 0 Å². The first-order valence-electron chi connectivity index (χ1n) is 6.71. The molecular weight excluding hydrogens is 383 g/mol. The van der Waals surface area contributed by atoms with Crippen molar-refractivity contribution in [3.8, 4) is 0 Å². The lowest BCUT2D eigenvalue weighted by molar-refractivity contribution is -0.138. The van der Waals surface area contributed by atoms with Crippen molar-refractivity contribution in [1.29, 1.82) is 0 Å². The number of rotatable bonds is 6. The molecular formula is C15H21IN2O3. The van der Waals surface area contributed by atoms with Crippen LogP contribution in [0.15, 0.2) is 24.3 Å². The first-order chi connectivity index (χ1) is 9.70. The molecule has 0 aromatic heterocycles. The van der Waals surface area contributed by atoms with Crippen LogP contribution >= 0.6 is 22.6 Å². The molecule has 0 spiro atoms. The summed E-state index contributed by atoms with van der Waals surface area (Å²) in [4.78, 5) is 24.8. The van der Waals surface area contributed by atoms with Crippen LogP contribution in [-0.2, 0) is 9.59 Å². The average Bonchev–Trinajstić information content (AvgIpc) is 2.35. The topological polar surface area (TPSA) is 69.6 Å². The second-order valence-electron chi connectivity index (χ2n) is 5.76. The predicted molar refractivity (Wildman–Crippen MR) is 91.4 cm³/mol. The monoisotopic (exact) mass is 404 g/mol. The molecule has 0 saturated heterocycles. The molecule has 0 fully saturated rings. The Hall–Kier alpha value is -1.15. The number of carboxylic acid groups (broad SMARTS) is 1. The van der Waals surface area contributed by atoms with Crippen LogP contribution in [0.2, 0.25) is 0 Å². The van der Waals surface area contributed by atoms with Crippen LogP contribution in [-0.4, -0.2) is 40.5 Å². The van der Waals surface area contributed by atoms with Crippen molar-refractivity contribution in [2.45, 2.75) is 32.7 Å². The van der Waals surface area contributed by atoms with Crippen LogP contribution in [0.3, 0.4) is 0 Å². The van der Waals surface area contributed by atoms with Gasteiger partial charge in [0.05, 0.1) is 18.7 Å². The maximum Gasteiger partial charge on any atom is 0.304 e. The van der Waals surface area contributed by atoms with E-state index in [-0.39, 0.29) is 24.4 Å². The third-order valence-electron chi connectivity index (χ3n) is 3.03. The summed E-state index contributed by atoms with van der Waals surface area (Å²) in [6, 6.07) is 7.54. The predicted octanol–water partition coefficient (Wildman–Crippen LogP) is 2.80. The zero-order valence-corrected chi connectivity index (χ0v) is 14.7. The third kappa shape index (κ3) is 6.43. The summed E-state index contributed by atoms with van der Waals surface area (Å²) < 4.78 is 0.969. The molecule has 0 heterocycles. The Balaban J connectivity index is 2.68. The number of nitrogens with zero attached hydrogens (tertiary/aromatic N) is 1. The van der Waals surface area contributed by atoms with E-state index in [4.69, 9.17) is 5.11 Å². The number of carbonyl (C=O) groups is 2. The molecule has 1 aromatic carbocycles. The quantitative estimate of drug-likeness (QED) is 0.716. The van der Waals surface area contributed by atoms with Crippen LogP contribution in [0, 0.1) is 3.57 Å². The van der Waals surface area contributed by atoms with Crippen molar-refractivity contribution in [2.24, 2.45) is 0 Å². The molecule has 1 amide bonds.